The topological polar surface area (TPSA) is 63.3 Å². The summed E-state index contributed by atoms with van der Waals surface area (Å²) >= 11 is 0. The number of carbonyl (C=O) groups is 1. The molecule has 15 heavy (non-hydrogen) atoms. The Morgan fingerprint density at radius 1 is 1.40 bits per heavy atom. The minimum atomic E-state index is -0.983. The van der Waals surface area contributed by atoms with Crippen molar-refractivity contribution in [1.82, 2.24) is 0 Å². The molecule has 0 heterocycles. The summed E-state index contributed by atoms with van der Waals surface area (Å²) in [6, 6.07) is 7.62. The van der Waals surface area contributed by atoms with Crippen LogP contribution in [0.3, 0.4) is 0 Å². The fourth-order valence-electron chi connectivity index (χ4n) is 1.42. The fraction of sp³-hybridized carbons (Fsp3) is 0.417. The number of carbonyl (C=O) groups excluding carboxylic acids is 1. The quantitative estimate of drug-likeness (QED) is 0.785. The summed E-state index contributed by atoms with van der Waals surface area (Å²) in [5.74, 6) is -0.387. The van der Waals surface area contributed by atoms with Gasteiger partial charge >= 0.3 is 0 Å². The molecular weight excluding hydrogens is 190 g/mol. The minimum absolute atomic E-state index is 0.195. The van der Waals surface area contributed by atoms with Gasteiger partial charge in [0.15, 0.2) is 0 Å². The number of hydrogen-bond acceptors (Lipinski definition) is 2. The van der Waals surface area contributed by atoms with Crippen molar-refractivity contribution in [3.05, 3.63) is 35.4 Å². The molecule has 3 N–H and O–H groups in total. The number of amides is 1. The third kappa shape index (κ3) is 3.36. The molecule has 1 amide bonds. The second-order valence-electron chi connectivity index (χ2n) is 4.11. The Hall–Kier alpha value is -1.35. The van der Waals surface area contributed by atoms with Gasteiger partial charge in [-0.1, -0.05) is 29.8 Å². The van der Waals surface area contributed by atoms with Crippen LogP contribution in [0.25, 0.3) is 0 Å². The Morgan fingerprint density at radius 2 is 1.93 bits per heavy atom. The standard InChI is InChI=1S/C12H17NO2/c1-9-3-5-10(6-4-9)12(2,15)8-7-11(13)14/h3-6,15H,7-8H2,1-2H3,(H2,13,14). The summed E-state index contributed by atoms with van der Waals surface area (Å²) < 4.78 is 0. The highest BCUT2D eigenvalue weighted by molar-refractivity contribution is 5.73. The Labute approximate surface area is 89.9 Å². The average Bonchev–Trinajstić information content (AvgIpc) is 2.16. The molecule has 0 spiro atoms. The predicted octanol–water partition coefficient (Wildman–Crippen LogP) is 1.47. The van der Waals surface area contributed by atoms with Gasteiger partial charge in [0.25, 0.3) is 0 Å². The normalized spacial score (nSPS) is 14.6. The maximum absolute atomic E-state index is 10.6. The van der Waals surface area contributed by atoms with Gasteiger partial charge in [0.2, 0.25) is 5.91 Å². The molecule has 82 valence electrons. The number of hydrogen-bond donors (Lipinski definition) is 2. The van der Waals surface area contributed by atoms with E-state index in [0.717, 1.165) is 11.1 Å². The molecule has 0 radical (unpaired) electrons. The van der Waals surface area contributed by atoms with E-state index >= 15 is 0 Å². The van der Waals surface area contributed by atoms with Crippen molar-refractivity contribution >= 4 is 5.91 Å². The van der Waals surface area contributed by atoms with Crippen LogP contribution in [0, 0.1) is 6.92 Å². The second kappa shape index (κ2) is 4.45. The highest BCUT2D eigenvalue weighted by Gasteiger charge is 2.23. The molecule has 0 saturated heterocycles. The van der Waals surface area contributed by atoms with Crippen LogP contribution in [0.2, 0.25) is 0 Å². The zero-order chi connectivity index (χ0) is 11.5. The molecule has 3 heteroatoms. The van der Waals surface area contributed by atoms with E-state index in [1.165, 1.54) is 0 Å². The zero-order valence-electron chi connectivity index (χ0n) is 9.16. The molecule has 1 rings (SSSR count). The largest absolute Gasteiger partial charge is 0.385 e. The van der Waals surface area contributed by atoms with Crippen LogP contribution in [0.5, 0.6) is 0 Å². The summed E-state index contributed by atoms with van der Waals surface area (Å²) in [5, 5.41) is 10.1. The zero-order valence-corrected chi connectivity index (χ0v) is 9.16. The highest BCUT2D eigenvalue weighted by Crippen LogP contribution is 2.25. The lowest BCUT2D eigenvalue weighted by molar-refractivity contribution is -0.119. The third-order valence-electron chi connectivity index (χ3n) is 2.53. The van der Waals surface area contributed by atoms with Crippen LogP contribution in [0.4, 0.5) is 0 Å². The lowest BCUT2D eigenvalue weighted by Gasteiger charge is -2.23. The summed E-state index contributed by atoms with van der Waals surface area (Å²) in [4.78, 5) is 10.6. The molecule has 1 aromatic carbocycles. The number of rotatable bonds is 4. The van der Waals surface area contributed by atoms with Crippen molar-refractivity contribution in [2.45, 2.75) is 32.3 Å². The lowest BCUT2D eigenvalue weighted by atomic mass is 9.90. The molecule has 0 aliphatic rings. The van der Waals surface area contributed by atoms with E-state index in [9.17, 15) is 9.90 Å². The van der Waals surface area contributed by atoms with Gasteiger partial charge in [0.1, 0.15) is 0 Å². The Balaban J connectivity index is 2.76. The molecule has 0 aromatic heterocycles. The van der Waals surface area contributed by atoms with E-state index in [1.54, 1.807) is 6.92 Å². The molecule has 1 aromatic rings. The van der Waals surface area contributed by atoms with E-state index in [-0.39, 0.29) is 12.3 Å². The fourth-order valence-corrected chi connectivity index (χ4v) is 1.42. The molecule has 0 saturated carbocycles. The summed E-state index contributed by atoms with van der Waals surface area (Å²) in [6.45, 7) is 3.68. The van der Waals surface area contributed by atoms with Crippen LogP contribution in [0.15, 0.2) is 24.3 Å². The highest BCUT2D eigenvalue weighted by atomic mass is 16.3. The Bertz CT molecular complexity index is 341. The van der Waals surface area contributed by atoms with Crippen molar-refractivity contribution in [2.24, 2.45) is 5.73 Å². The third-order valence-corrected chi connectivity index (χ3v) is 2.53. The van der Waals surface area contributed by atoms with Crippen molar-refractivity contribution < 1.29 is 9.90 Å². The molecule has 0 aliphatic heterocycles. The SMILES string of the molecule is Cc1ccc(C(C)(O)CCC(N)=O)cc1. The van der Waals surface area contributed by atoms with Crippen molar-refractivity contribution in [3.8, 4) is 0 Å². The van der Waals surface area contributed by atoms with Crippen molar-refractivity contribution in [1.29, 1.82) is 0 Å². The van der Waals surface area contributed by atoms with Gasteiger partial charge in [0.05, 0.1) is 5.60 Å². The molecule has 0 aliphatic carbocycles. The molecule has 0 fully saturated rings. The first kappa shape index (κ1) is 11.7. The average molecular weight is 207 g/mol. The van der Waals surface area contributed by atoms with E-state index < -0.39 is 5.60 Å². The Kier molecular flexibility index (Phi) is 3.48. The van der Waals surface area contributed by atoms with Crippen molar-refractivity contribution in [3.63, 3.8) is 0 Å². The van der Waals surface area contributed by atoms with E-state index in [1.807, 2.05) is 31.2 Å². The van der Waals surface area contributed by atoms with Gasteiger partial charge in [-0.25, -0.2) is 0 Å². The van der Waals surface area contributed by atoms with Gasteiger partial charge in [-0.05, 0) is 25.8 Å². The molecule has 3 nitrogen and oxygen atoms in total. The van der Waals surface area contributed by atoms with E-state index in [0.29, 0.717) is 6.42 Å². The van der Waals surface area contributed by atoms with Crippen LogP contribution in [0.1, 0.15) is 30.9 Å². The van der Waals surface area contributed by atoms with Gasteiger partial charge < -0.3 is 10.8 Å². The second-order valence-corrected chi connectivity index (χ2v) is 4.11. The number of primary amides is 1. The first-order chi connectivity index (χ1) is 6.92. The number of aryl methyl sites for hydroxylation is 1. The summed E-state index contributed by atoms with van der Waals surface area (Å²) in [5.41, 5.74) is 6.03. The predicted molar refractivity (Wildman–Crippen MR) is 59.2 cm³/mol. The van der Waals surface area contributed by atoms with Crippen LogP contribution >= 0.6 is 0 Å². The van der Waals surface area contributed by atoms with Gasteiger partial charge in [0, 0.05) is 6.42 Å². The van der Waals surface area contributed by atoms with Gasteiger partial charge in [-0.2, -0.15) is 0 Å². The lowest BCUT2D eigenvalue weighted by Crippen LogP contribution is -2.24. The number of benzene rings is 1. The molecular formula is C12H17NO2. The van der Waals surface area contributed by atoms with Crippen LogP contribution in [-0.4, -0.2) is 11.0 Å². The summed E-state index contributed by atoms with van der Waals surface area (Å²) in [7, 11) is 0. The smallest absolute Gasteiger partial charge is 0.217 e. The summed E-state index contributed by atoms with van der Waals surface area (Å²) in [6.07, 6.45) is 0.548. The first-order valence-electron chi connectivity index (χ1n) is 4.99. The van der Waals surface area contributed by atoms with E-state index in [2.05, 4.69) is 0 Å². The Morgan fingerprint density at radius 3 is 2.40 bits per heavy atom. The number of nitrogens with two attached hydrogens (primary N) is 1. The maximum Gasteiger partial charge on any atom is 0.217 e. The van der Waals surface area contributed by atoms with Crippen molar-refractivity contribution in [2.75, 3.05) is 0 Å². The monoisotopic (exact) mass is 207 g/mol. The van der Waals surface area contributed by atoms with Gasteiger partial charge in [-0.15, -0.1) is 0 Å². The van der Waals surface area contributed by atoms with E-state index in [4.69, 9.17) is 5.73 Å². The molecule has 1 atom stereocenters. The first-order valence-corrected chi connectivity index (χ1v) is 4.99. The maximum atomic E-state index is 10.6. The minimum Gasteiger partial charge on any atom is -0.385 e. The van der Waals surface area contributed by atoms with Crippen LogP contribution in [-0.2, 0) is 10.4 Å². The number of aliphatic hydroxyl groups is 1. The van der Waals surface area contributed by atoms with Crippen LogP contribution < -0.4 is 5.73 Å². The molecule has 0 bridgehead atoms. The molecule has 1 unspecified atom stereocenters. The van der Waals surface area contributed by atoms with Gasteiger partial charge in [-0.3, -0.25) is 4.79 Å².